The van der Waals surface area contributed by atoms with Gasteiger partial charge in [0.25, 0.3) is 0 Å². The van der Waals surface area contributed by atoms with Crippen molar-refractivity contribution in [3.05, 3.63) is 24.5 Å². The molecule has 0 aliphatic heterocycles. The third-order valence-electron chi connectivity index (χ3n) is 1.70. The second kappa shape index (κ2) is 6.79. The molecule has 1 heterocycles. The summed E-state index contributed by atoms with van der Waals surface area (Å²) in [7, 11) is 0. The van der Waals surface area contributed by atoms with Gasteiger partial charge in [0.1, 0.15) is 12.1 Å². The van der Waals surface area contributed by atoms with Crippen molar-refractivity contribution in [2.24, 2.45) is 5.73 Å². The Morgan fingerprint density at radius 2 is 2.25 bits per heavy atom. The van der Waals surface area contributed by atoms with Crippen molar-refractivity contribution in [2.45, 2.75) is 20.0 Å². The predicted molar refractivity (Wildman–Crippen MR) is 64.5 cm³/mol. The average molecular weight is 222 g/mol. The Balaban J connectivity index is 2.50. The van der Waals surface area contributed by atoms with Gasteiger partial charge in [-0.15, -0.1) is 0 Å². The van der Waals surface area contributed by atoms with Crippen molar-refractivity contribution in [3.63, 3.8) is 0 Å². The number of nitrogens with zero attached hydrogens (tertiary/aromatic N) is 2. The largest absolute Gasteiger partial charge is 0.475 e. The van der Waals surface area contributed by atoms with Crippen molar-refractivity contribution in [1.82, 2.24) is 9.97 Å². The molecule has 1 aromatic rings. The molecule has 0 saturated heterocycles. The lowest BCUT2D eigenvalue weighted by Crippen LogP contribution is -2.08. The normalized spacial score (nSPS) is 11.0. The van der Waals surface area contributed by atoms with Gasteiger partial charge in [-0.05, 0) is 13.8 Å². The Kier molecular flexibility index (Phi) is 5.28. The number of hydrogen-bond donors (Lipinski definition) is 2. The van der Waals surface area contributed by atoms with Crippen molar-refractivity contribution in [2.75, 3.05) is 18.4 Å². The maximum atomic E-state index is 5.45. The molecule has 0 aliphatic rings. The van der Waals surface area contributed by atoms with E-state index in [-0.39, 0.29) is 6.10 Å². The third kappa shape index (κ3) is 4.75. The Morgan fingerprint density at radius 1 is 1.44 bits per heavy atom. The molecule has 0 fully saturated rings. The van der Waals surface area contributed by atoms with E-state index in [0.717, 1.165) is 5.82 Å². The van der Waals surface area contributed by atoms with Crippen LogP contribution in [0.15, 0.2) is 24.5 Å². The van der Waals surface area contributed by atoms with E-state index in [4.69, 9.17) is 10.5 Å². The minimum Gasteiger partial charge on any atom is -0.475 e. The Bertz CT molecular complexity index is 339. The van der Waals surface area contributed by atoms with Gasteiger partial charge >= 0.3 is 0 Å². The average Bonchev–Trinajstić information content (AvgIpc) is 2.24. The van der Waals surface area contributed by atoms with Crippen LogP contribution < -0.4 is 15.8 Å². The van der Waals surface area contributed by atoms with Gasteiger partial charge in [-0.3, -0.25) is 0 Å². The molecule has 0 spiro atoms. The standard InChI is InChI=1S/C11H18N4O/c1-9(2)16-11-7-10(14-8-15-11)13-6-4-3-5-12/h3-4,7-9H,5-6,12H2,1-2H3,(H,13,14,15)/b4-3+. The van der Waals surface area contributed by atoms with Crippen LogP contribution >= 0.6 is 0 Å². The van der Waals surface area contributed by atoms with E-state index in [1.807, 2.05) is 26.0 Å². The maximum absolute atomic E-state index is 5.45. The monoisotopic (exact) mass is 222 g/mol. The van der Waals surface area contributed by atoms with Gasteiger partial charge in [0.05, 0.1) is 6.10 Å². The van der Waals surface area contributed by atoms with Gasteiger partial charge in [0.15, 0.2) is 0 Å². The third-order valence-corrected chi connectivity index (χ3v) is 1.70. The fourth-order valence-corrected chi connectivity index (χ4v) is 1.09. The van der Waals surface area contributed by atoms with Crippen LogP contribution in [0.5, 0.6) is 5.88 Å². The molecule has 5 nitrogen and oxygen atoms in total. The van der Waals surface area contributed by atoms with Crippen LogP contribution in [0.4, 0.5) is 5.82 Å². The number of hydrogen-bond acceptors (Lipinski definition) is 5. The minimum atomic E-state index is 0.111. The first kappa shape index (κ1) is 12.4. The number of ether oxygens (including phenoxy) is 1. The molecule has 5 heteroatoms. The van der Waals surface area contributed by atoms with Crippen molar-refractivity contribution < 1.29 is 4.74 Å². The molecule has 3 N–H and O–H groups in total. The van der Waals surface area contributed by atoms with Crippen LogP contribution in [0.1, 0.15) is 13.8 Å². The molecule has 1 rings (SSSR count). The molecule has 16 heavy (non-hydrogen) atoms. The highest BCUT2D eigenvalue weighted by Crippen LogP contribution is 2.11. The Hall–Kier alpha value is -1.62. The number of rotatable bonds is 6. The molecule has 0 amide bonds. The van der Waals surface area contributed by atoms with E-state index < -0.39 is 0 Å². The summed E-state index contributed by atoms with van der Waals surface area (Å²) < 4.78 is 5.45. The van der Waals surface area contributed by atoms with Crippen LogP contribution in [0.25, 0.3) is 0 Å². The van der Waals surface area contributed by atoms with Crippen LogP contribution in [0.3, 0.4) is 0 Å². The zero-order valence-corrected chi connectivity index (χ0v) is 9.68. The molecule has 1 aromatic heterocycles. The van der Waals surface area contributed by atoms with Gasteiger partial charge in [-0.25, -0.2) is 9.97 Å². The van der Waals surface area contributed by atoms with Crippen LogP contribution in [-0.4, -0.2) is 29.2 Å². The highest BCUT2D eigenvalue weighted by Gasteiger charge is 2.00. The summed E-state index contributed by atoms with van der Waals surface area (Å²) in [4.78, 5) is 8.09. The lowest BCUT2D eigenvalue weighted by atomic mass is 10.4. The van der Waals surface area contributed by atoms with Crippen LogP contribution in [0, 0.1) is 0 Å². The number of aromatic nitrogens is 2. The summed E-state index contributed by atoms with van der Waals surface area (Å²) in [5, 5.41) is 3.12. The SMILES string of the molecule is CC(C)Oc1cc(NC/C=C/CN)ncn1. The fourth-order valence-electron chi connectivity index (χ4n) is 1.09. The highest BCUT2D eigenvalue weighted by atomic mass is 16.5. The molecule has 0 radical (unpaired) electrons. The quantitative estimate of drug-likeness (QED) is 0.707. The number of anilines is 1. The smallest absolute Gasteiger partial charge is 0.218 e. The lowest BCUT2D eigenvalue weighted by molar-refractivity contribution is 0.232. The zero-order valence-electron chi connectivity index (χ0n) is 9.68. The summed E-state index contributed by atoms with van der Waals surface area (Å²) in [5.74, 6) is 1.32. The molecule has 0 aliphatic carbocycles. The van der Waals surface area contributed by atoms with Gasteiger partial charge < -0.3 is 15.8 Å². The van der Waals surface area contributed by atoms with E-state index in [9.17, 15) is 0 Å². The Labute approximate surface area is 95.7 Å². The Morgan fingerprint density at radius 3 is 2.94 bits per heavy atom. The first-order chi connectivity index (χ1) is 7.72. The molecule has 0 unspecified atom stereocenters. The molecular weight excluding hydrogens is 204 g/mol. The lowest BCUT2D eigenvalue weighted by Gasteiger charge is -2.09. The van der Waals surface area contributed by atoms with Crippen molar-refractivity contribution in [3.8, 4) is 5.88 Å². The predicted octanol–water partition coefficient (Wildman–Crippen LogP) is 1.19. The van der Waals surface area contributed by atoms with Crippen LogP contribution in [0.2, 0.25) is 0 Å². The molecule has 0 atom stereocenters. The summed E-state index contributed by atoms with van der Waals surface area (Å²) in [6.45, 7) is 5.15. The second-order valence-electron chi connectivity index (χ2n) is 3.50. The second-order valence-corrected chi connectivity index (χ2v) is 3.50. The fraction of sp³-hybridized carbons (Fsp3) is 0.455. The van der Waals surface area contributed by atoms with Crippen LogP contribution in [-0.2, 0) is 0 Å². The van der Waals surface area contributed by atoms with E-state index >= 15 is 0 Å². The van der Waals surface area contributed by atoms with Crippen molar-refractivity contribution in [1.29, 1.82) is 0 Å². The molecule has 88 valence electrons. The first-order valence-electron chi connectivity index (χ1n) is 5.30. The number of nitrogens with one attached hydrogen (secondary N) is 1. The van der Waals surface area contributed by atoms with E-state index in [1.54, 1.807) is 6.07 Å². The van der Waals surface area contributed by atoms with Gasteiger partial charge in [0.2, 0.25) is 5.88 Å². The first-order valence-corrected chi connectivity index (χ1v) is 5.30. The van der Waals surface area contributed by atoms with Gasteiger partial charge in [-0.1, -0.05) is 12.2 Å². The highest BCUT2D eigenvalue weighted by molar-refractivity contribution is 5.37. The van der Waals surface area contributed by atoms with Gasteiger partial charge in [0, 0.05) is 19.2 Å². The summed E-state index contributed by atoms with van der Waals surface area (Å²) in [6, 6.07) is 1.77. The van der Waals surface area contributed by atoms with E-state index in [2.05, 4.69) is 15.3 Å². The summed E-state index contributed by atoms with van der Waals surface area (Å²) >= 11 is 0. The summed E-state index contributed by atoms with van der Waals surface area (Å²) in [6.07, 6.45) is 5.43. The molecule has 0 aromatic carbocycles. The van der Waals surface area contributed by atoms with Gasteiger partial charge in [-0.2, -0.15) is 0 Å². The number of nitrogens with two attached hydrogens (primary N) is 1. The summed E-state index contributed by atoms with van der Waals surface area (Å²) in [5.41, 5.74) is 5.33. The maximum Gasteiger partial charge on any atom is 0.218 e. The van der Waals surface area contributed by atoms with E-state index in [1.165, 1.54) is 6.33 Å². The van der Waals surface area contributed by atoms with Crippen molar-refractivity contribution >= 4 is 5.82 Å². The topological polar surface area (TPSA) is 73.1 Å². The minimum absolute atomic E-state index is 0.111. The molecule has 0 saturated carbocycles. The zero-order chi connectivity index (χ0) is 11.8. The molecular formula is C11H18N4O. The molecule has 0 bridgehead atoms. The van der Waals surface area contributed by atoms with E-state index in [0.29, 0.717) is 19.0 Å².